The average Bonchev–Trinajstić information content (AvgIpc) is 2.89. The van der Waals surface area contributed by atoms with E-state index in [0.29, 0.717) is 5.92 Å². The van der Waals surface area contributed by atoms with E-state index in [1.54, 1.807) is 0 Å². The topological polar surface area (TPSA) is 41.1 Å². The third kappa shape index (κ3) is 2.88. The van der Waals surface area contributed by atoms with Gasteiger partial charge in [-0.25, -0.2) is 0 Å². The molecular formula is C17H24N2O. The molecule has 1 aromatic carbocycles. The molecule has 1 amide bonds. The van der Waals surface area contributed by atoms with Crippen molar-refractivity contribution in [2.24, 2.45) is 5.92 Å². The first-order valence-corrected chi connectivity index (χ1v) is 7.86. The summed E-state index contributed by atoms with van der Waals surface area (Å²) < 4.78 is 0. The number of nitrogens with one attached hydrogen (secondary N) is 2. The largest absolute Gasteiger partial charge is 0.351 e. The van der Waals surface area contributed by atoms with Gasteiger partial charge in [0.2, 0.25) is 5.91 Å². The summed E-state index contributed by atoms with van der Waals surface area (Å²) in [5.74, 6) is 0.897. The Morgan fingerprint density at radius 1 is 1.30 bits per heavy atom. The van der Waals surface area contributed by atoms with Gasteiger partial charge in [-0.3, -0.25) is 4.79 Å². The van der Waals surface area contributed by atoms with Gasteiger partial charge >= 0.3 is 0 Å². The van der Waals surface area contributed by atoms with Crippen molar-refractivity contribution in [1.82, 2.24) is 10.6 Å². The second kappa shape index (κ2) is 5.96. The Labute approximate surface area is 121 Å². The Morgan fingerprint density at radius 2 is 2.00 bits per heavy atom. The number of carbonyl (C=O) groups is 1. The van der Waals surface area contributed by atoms with Crippen molar-refractivity contribution in [2.45, 2.75) is 51.1 Å². The fourth-order valence-corrected chi connectivity index (χ4v) is 3.53. The molecule has 1 heterocycles. The minimum atomic E-state index is 0.0115. The van der Waals surface area contributed by atoms with E-state index in [2.05, 4.69) is 41.8 Å². The monoisotopic (exact) mass is 272 g/mol. The maximum Gasteiger partial charge on any atom is 0.237 e. The number of carbonyl (C=O) groups excluding carboxylic acids is 1. The van der Waals surface area contributed by atoms with Crippen LogP contribution in [0.2, 0.25) is 0 Å². The Morgan fingerprint density at radius 3 is 2.65 bits per heavy atom. The second-order valence-electron chi connectivity index (χ2n) is 6.19. The summed E-state index contributed by atoms with van der Waals surface area (Å²) in [6.07, 6.45) is 5.33. The standard InChI is InChI=1S/C17H24N2O/c1-2-12-7-8-18-16(9-12)17(20)19-15-10-13-5-3-4-6-14(13)11-15/h3-6,12,15-16,18H,2,7-11H2,1H3,(H,19,20). The molecule has 1 saturated heterocycles. The molecule has 2 atom stereocenters. The lowest BCUT2D eigenvalue weighted by Gasteiger charge is -2.29. The Bertz CT molecular complexity index is 461. The van der Waals surface area contributed by atoms with Crippen LogP contribution in [0.4, 0.5) is 0 Å². The van der Waals surface area contributed by atoms with Gasteiger partial charge in [-0.1, -0.05) is 37.6 Å². The lowest BCUT2D eigenvalue weighted by atomic mass is 9.90. The number of hydrogen-bond acceptors (Lipinski definition) is 2. The van der Waals surface area contributed by atoms with Crippen molar-refractivity contribution in [3.8, 4) is 0 Å². The molecule has 2 aliphatic rings. The summed E-state index contributed by atoms with van der Waals surface area (Å²) in [6, 6.07) is 8.80. The lowest BCUT2D eigenvalue weighted by Crippen LogP contribution is -2.51. The van der Waals surface area contributed by atoms with E-state index in [1.807, 2.05) is 0 Å². The van der Waals surface area contributed by atoms with E-state index in [-0.39, 0.29) is 18.0 Å². The Hall–Kier alpha value is -1.35. The molecule has 3 rings (SSSR count). The molecule has 20 heavy (non-hydrogen) atoms. The molecule has 2 N–H and O–H groups in total. The minimum Gasteiger partial charge on any atom is -0.351 e. The number of hydrogen-bond donors (Lipinski definition) is 2. The zero-order chi connectivity index (χ0) is 13.9. The smallest absolute Gasteiger partial charge is 0.237 e. The fourth-order valence-electron chi connectivity index (χ4n) is 3.53. The van der Waals surface area contributed by atoms with E-state index in [1.165, 1.54) is 24.0 Å². The lowest BCUT2D eigenvalue weighted by molar-refractivity contribution is -0.124. The summed E-state index contributed by atoms with van der Waals surface area (Å²) in [5.41, 5.74) is 2.78. The van der Waals surface area contributed by atoms with E-state index in [9.17, 15) is 4.79 Å². The van der Waals surface area contributed by atoms with Gasteiger partial charge in [-0.05, 0) is 49.3 Å². The van der Waals surface area contributed by atoms with Crippen LogP contribution in [0.25, 0.3) is 0 Å². The number of piperidine rings is 1. The molecular weight excluding hydrogens is 248 g/mol. The van der Waals surface area contributed by atoms with Gasteiger partial charge in [0.15, 0.2) is 0 Å². The Balaban J connectivity index is 1.55. The fraction of sp³-hybridized carbons (Fsp3) is 0.588. The molecule has 0 saturated carbocycles. The van der Waals surface area contributed by atoms with Crippen LogP contribution in [-0.2, 0) is 17.6 Å². The summed E-state index contributed by atoms with van der Waals surface area (Å²) >= 11 is 0. The maximum absolute atomic E-state index is 12.4. The van der Waals surface area contributed by atoms with Gasteiger partial charge in [-0.2, -0.15) is 0 Å². The third-order valence-electron chi connectivity index (χ3n) is 4.80. The highest BCUT2D eigenvalue weighted by Crippen LogP contribution is 2.23. The van der Waals surface area contributed by atoms with Crippen LogP contribution in [0.5, 0.6) is 0 Å². The molecule has 0 aromatic heterocycles. The summed E-state index contributed by atoms with van der Waals surface area (Å²) in [7, 11) is 0. The van der Waals surface area contributed by atoms with Crippen molar-refractivity contribution >= 4 is 5.91 Å². The molecule has 1 aromatic rings. The predicted octanol–water partition coefficient (Wildman–Crippen LogP) is 2.05. The highest BCUT2D eigenvalue weighted by molar-refractivity contribution is 5.82. The number of fused-ring (bicyclic) bond motifs is 1. The van der Waals surface area contributed by atoms with Crippen LogP contribution in [0, 0.1) is 5.92 Å². The van der Waals surface area contributed by atoms with E-state index >= 15 is 0 Å². The first-order chi connectivity index (χ1) is 9.76. The number of rotatable bonds is 3. The van der Waals surface area contributed by atoms with Crippen LogP contribution in [-0.4, -0.2) is 24.5 Å². The van der Waals surface area contributed by atoms with Crippen molar-refractivity contribution < 1.29 is 4.79 Å². The second-order valence-corrected chi connectivity index (χ2v) is 6.19. The van der Waals surface area contributed by atoms with Crippen LogP contribution in [0.1, 0.15) is 37.3 Å². The molecule has 3 heteroatoms. The number of benzene rings is 1. The normalized spacial score (nSPS) is 26.2. The third-order valence-corrected chi connectivity index (χ3v) is 4.80. The first-order valence-electron chi connectivity index (χ1n) is 7.86. The molecule has 0 bridgehead atoms. The van der Waals surface area contributed by atoms with Gasteiger partial charge in [0.05, 0.1) is 6.04 Å². The van der Waals surface area contributed by atoms with Crippen molar-refractivity contribution in [1.29, 1.82) is 0 Å². The molecule has 2 unspecified atom stereocenters. The van der Waals surface area contributed by atoms with E-state index < -0.39 is 0 Å². The van der Waals surface area contributed by atoms with Crippen molar-refractivity contribution in [3.63, 3.8) is 0 Å². The van der Waals surface area contributed by atoms with Gasteiger partial charge in [0.1, 0.15) is 0 Å². The molecule has 108 valence electrons. The highest BCUT2D eigenvalue weighted by atomic mass is 16.2. The van der Waals surface area contributed by atoms with Crippen LogP contribution in [0.15, 0.2) is 24.3 Å². The molecule has 0 radical (unpaired) electrons. The Kier molecular flexibility index (Phi) is 4.06. The summed E-state index contributed by atoms with van der Waals surface area (Å²) in [5, 5.41) is 6.60. The molecule has 3 nitrogen and oxygen atoms in total. The summed E-state index contributed by atoms with van der Waals surface area (Å²) in [6.45, 7) is 3.19. The van der Waals surface area contributed by atoms with Crippen LogP contribution < -0.4 is 10.6 Å². The predicted molar refractivity (Wildman–Crippen MR) is 80.6 cm³/mol. The highest BCUT2D eigenvalue weighted by Gasteiger charge is 2.29. The van der Waals surface area contributed by atoms with E-state index in [4.69, 9.17) is 0 Å². The first kappa shape index (κ1) is 13.6. The minimum absolute atomic E-state index is 0.0115. The number of amides is 1. The molecule has 1 aliphatic heterocycles. The average molecular weight is 272 g/mol. The molecule has 0 spiro atoms. The van der Waals surface area contributed by atoms with Crippen molar-refractivity contribution in [2.75, 3.05) is 6.54 Å². The quantitative estimate of drug-likeness (QED) is 0.884. The van der Waals surface area contributed by atoms with Gasteiger partial charge in [0.25, 0.3) is 0 Å². The van der Waals surface area contributed by atoms with Gasteiger partial charge in [-0.15, -0.1) is 0 Å². The zero-order valence-corrected chi connectivity index (χ0v) is 12.2. The molecule has 1 aliphatic carbocycles. The summed E-state index contributed by atoms with van der Waals surface area (Å²) in [4.78, 5) is 12.4. The SMILES string of the molecule is CCC1CCNC(C(=O)NC2Cc3ccccc3C2)C1. The van der Waals surface area contributed by atoms with Crippen LogP contribution >= 0.6 is 0 Å². The van der Waals surface area contributed by atoms with Crippen LogP contribution in [0.3, 0.4) is 0 Å². The van der Waals surface area contributed by atoms with Crippen molar-refractivity contribution in [3.05, 3.63) is 35.4 Å². The zero-order valence-electron chi connectivity index (χ0n) is 12.2. The van der Waals surface area contributed by atoms with E-state index in [0.717, 1.165) is 25.8 Å². The van der Waals surface area contributed by atoms with Gasteiger partial charge < -0.3 is 10.6 Å². The van der Waals surface area contributed by atoms with Gasteiger partial charge in [0, 0.05) is 6.04 Å². The molecule has 1 fully saturated rings. The maximum atomic E-state index is 12.4.